The molecule has 2 heterocycles. The van der Waals surface area contributed by atoms with Crippen LogP contribution in [0.4, 0.5) is 0 Å². The molecule has 0 spiro atoms. The number of likely N-dealkylation sites (N-methyl/N-ethyl adjacent to an activating group) is 1. The minimum atomic E-state index is -0.510. The van der Waals surface area contributed by atoms with Gasteiger partial charge in [0.25, 0.3) is 0 Å². The number of ketones is 1. The van der Waals surface area contributed by atoms with E-state index in [2.05, 4.69) is 16.0 Å². The molecule has 1 aliphatic rings. The summed E-state index contributed by atoms with van der Waals surface area (Å²) in [6.45, 7) is 3.32. The second kappa shape index (κ2) is 9.00. The third kappa shape index (κ3) is 4.24. The SMILES string of the molecule is CCOC(=O)c1c(C#N)c(SCC(=O)c2ccccc2)nc2c1CN(C)CC2. The molecule has 2 aromatic rings. The Hall–Kier alpha value is -2.69. The lowest BCUT2D eigenvalue weighted by molar-refractivity contribution is 0.0522. The summed E-state index contributed by atoms with van der Waals surface area (Å²) in [6.07, 6.45) is 0.685. The molecule has 0 atom stereocenters. The number of nitrogens with zero attached hydrogens (tertiary/aromatic N) is 3. The molecule has 0 aliphatic carbocycles. The number of hydrogen-bond donors (Lipinski definition) is 0. The third-order valence-electron chi connectivity index (χ3n) is 4.54. The first-order valence-electron chi connectivity index (χ1n) is 9.07. The molecular formula is C21H21N3O3S. The predicted molar refractivity (Wildman–Crippen MR) is 106 cm³/mol. The Kier molecular flexibility index (Phi) is 6.45. The fraction of sp³-hybridized carbons (Fsp3) is 0.333. The Labute approximate surface area is 168 Å². The van der Waals surface area contributed by atoms with E-state index in [1.807, 2.05) is 25.2 Å². The second-order valence-corrected chi connectivity index (χ2v) is 7.45. The summed E-state index contributed by atoms with van der Waals surface area (Å²) in [5.41, 5.74) is 2.64. The van der Waals surface area contributed by atoms with Gasteiger partial charge >= 0.3 is 5.97 Å². The van der Waals surface area contributed by atoms with Gasteiger partial charge < -0.3 is 9.64 Å². The van der Waals surface area contributed by atoms with Crippen molar-refractivity contribution in [3.63, 3.8) is 0 Å². The van der Waals surface area contributed by atoms with Crippen LogP contribution in [0.25, 0.3) is 0 Å². The number of thioether (sulfide) groups is 1. The summed E-state index contributed by atoms with van der Waals surface area (Å²) >= 11 is 1.19. The van der Waals surface area contributed by atoms with Crippen LogP contribution in [0.1, 0.15) is 44.5 Å². The maximum absolute atomic E-state index is 12.6. The molecule has 1 aromatic carbocycles. The Morgan fingerprint density at radius 3 is 2.75 bits per heavy atom. The highest BCUT2D eigenvalue weighted by Gasteiger charge is 2.28. The molecule has 0 N–H and O–H groups in total. The lowest BCUT2D eigenvalue weighted by atomic mass is 9.97. The largest absolute Gasteiger partial charge is 0.462 e. The Morgan fingerprint density at radius 1 is 1.32 bits per heavy atom. The van der Waals surface area contributed by atoms with Gasteiger partial charge in [-0.15, -0.1) is 0 Å². The third-order valence-corrected chi connectivity index (χ3v) is 5.51. The van der Waals surface area contributed by atoms with E-state index in [-0.39, 0.29) is 29.3 Å². The summed E-state index contributed by atoms with van der Waals surface area (Å²) < 4.78 is 5.21. The van der Waals surface area contributed by atoms with Crippen LogP contribution >= 0.6 is 11.8 Å². The maximum Gasteiger partial charge on any atom is 0.339 e. The van der Waals surface area contributed by atoms with Crippen LogP contribution in [0.3, 0.4) is 0 Å². The Balaban J connectivity index is 1.97. The van der Waals surface area contributed by atoms with Crippen molar-refractivity contribution in [3.05, 3.63) is 58.3 Å². The smallest absolute Gasteiger partial charge is 0.339 e. The molecule has 0 amide bonds. The highest BCUT2D eigenvalue weighted by atomic mass is 32.2. The van der Waals surface area contributed by atoms with E-state index in [9.17, 15) is 14.9 Å². The standard InChI is InChI=1S/C21H21N3O3S/c1-3-27-21(26)19-15(11-22)20(23-17-9-10-24(2)12-16(17)19)28-13-18(25)14-7-5-4-6-8-14/h4-8H,3,9-10,12-13H2,1-2H3. The summed E-state index contributed by atoms with van der Waals surface area (Å²) in [6, 6.07) is 11.1. The van der Waals surface area contributed by atoms with Crippen LogP contribution < -0.4 is 0 Å². The van der Waals surface area contributed by atoms with Gasteiger partial charge in [0.1, 0.15) is 11.1 Å². The Morgan fingerprint density at radius 2 is 2.07 bits per heavy atom. The number of rotatable bonds is 6. The molecule has 0 unspecified atom stereocenters. The summed E-state index contributed by atoms with van der Waals surface area (Å²) in [5.74, 6) is -0.414. The van der Waals surface area contributed by atoms with Crippen molar-refractivity contribution in [3.8, 4) is 6.07 Å². The van der Waals surface area contributed by atoms with Gasteiger partial charge in [0.15, 0.2) is 5.78 Å². The molecule has 6 nitrogen and oxygen atoms in total. The van der Waals surface area contributed by atoms with Crippen molar-refractivity contribution in [1.82, 2.24) is 9.88 Å². The minimum Gasteiger partial charge on any atom is -0.462 e. The minimum absolute atomic E-state index is 0.0496. The van der Waals surface area contributed by atoms with Crippen molar-refractivity contribution in [2.24, 2.45) is 0 Å². The van der Waals surface area contributed by atoms with Crippen LogP contribution in [0, 0.1) is 11.3 Å². The van der Waals surface area contributed by atoms with Crippen molar-refractivity contribution < 1.29 is 14.3 Å². The number of carbonyl (C=O) groups is 2. The first-order valence-corrected chi connectivity index (χ1v) is 10.1. The highest BCUT2D eigenvalue weighted by Crippen LogP contribution is 2.31. The number of Topliss-reactive ketones (excluding diaryl/α,β-unsaturated/α-hetero) is 1. The van der Waals surface area contributed by atoms with E-state index in [1.54, 1.807) is 19.1 Å². The van der Waals surface area contributed by atoms with E-state index in [0.717, 1.165) is 17.8 Å². The van der Waals surface area contributed by atoms with Crippen molar-refractivity contribution in [2.45, 2.75) is 24.9 Å². The quantitative estimate of drug-likeness (QED) is 0.422. The number of aromatic nitrogens is 1. The van der Waals surface area contributed by atoms with E-state index in [0.29, 0.717) is 23.6 Å². The topological polar surface area (TPSA) is 83.3 Å². The molecule has 3 rings (SSSR count). The maximum atomic E-state index is 12.6. The van der Waals surface area contributed by atoms with Crippen molar-refractivity contribution in [1.29, 1.82) is 5.26 Å². The number of pyridine rings is 1. The van der Waals surface area contributed by atoms with E-state index >= 15 is 0 Å². The first-order chi connectivity index (χ1) is 13.5. The van der Waals surface area contributed by atoms with Gasteiger partial charge in [0.2, 0.25) is 0 Å². The average molecular weight is 395 g/mol. The molecule has 28 heavy (non-hydrogen) atoms. The lowest BCUT2D eigenvalue weighted by Gasteiger charge is -2.27. The molecule has 144 valence electrons. The van der Waals surface area contributed by atoms with E-state index in [1.165, 1.54) is 11.8 Å². The van der Waals surface area contributed by atoms with Gasteiger partial charge in [0.05, 0.1) is 23.5 Å². The Bertz CT molecular complexity index is 938. The molecule has 1 aromatic heterocycles. The van der Waals surface area contributed by atoms with Crippen molar-refractivity contribution >= 4 is 23.5 Å². The van der Waals surface area contributed by atoms with Crippen LogP contribution in [0.2, 0.25) is 0 Å². The molecular weight excluding hydrogens is 374 g/mol. The summed E-state index contributed by atoms with van der Waals surface area (Å²) in [7, 11) is 1.96. The molecule has 0 saturated heterocycles. The molecule has 0 saturated carbocycles. The molecule has 0 fully saturated rings. The molecule has 1 aliphatic heterocycles. The first kappa shape index (κ1) is 20.1. The van der Waals surface area contributed by atoms with Crippen LogP contribution in [0.15, 0.2) is 35.4 Å². The van der Waals surface area contributed by atoms with E-state index < -0.39 is 5.97 Å². The predicted octanol–water partition coefficient (Wildman–Crippen LogP) is 3.09. The van der Waals surface area contributed by atoms with Gasteiger partial charge in [-0.1, -0.05) is 42.1 Å². The monoisotopic (exact) mass is 395 g/mol. The van der Waals surface area contributed by atoms with E-state index in [4.69, 9.17) is 4.74 Å². The number of benzene rings is 1. The summed E-state index contributed by atoms with van der Waals surface area (Å²) in [5, 5.41) is 10.2. The van der Waals surface area contributed by atoms with Gasteiger partial charge in [-0.2, -0.15) is 5.26 Å². The average Bonchev–Trinajstić information content (AvgIpc) is 2.71. The zero-order chi connectivity index (χ0) is 20.1. The van der Waals surface area contributed by atoms with Crippen LogP contribution in [0.5, 0.6) is 0 Å². The number of hydrogen-bond acceptors (Lipinski definition) is 7. The van der Waals surface area contributed by atoms with Gasteiger partial charge in [0, 0.05) is 36.3 Å². The number of nitriles is 1. The summed E-state index contributed by atoms with van der Waals surface area (Å²) in [4.78, 5) is 31.8. The van der Waals surface area contributed by atoms with Crippen LogP contribution in [-0.4, -0.2) is 47.6 Å². The number of carbonyl (C=O) groups excluding carboxylic acids is 2. The van der Waals surface area contributed by atoms with Gasteiger partial charge in [-0.05, 0) is 14.0 Å². The molecule has 0 bridgehead atoms. The number of esters is 1. The van der Waals surface area contributed by atoms with Crippen LogP contribution in [-0.2, 0) is 17.7 Å². The molecule has 7 heteroatoms. The van der Waals surface area contributed by atoms with Crippen molar-refractivity contribution in [2.75, 3.05) is 26.0 Å². The van der Waals surface area contributed by atoms with Gasteiger partial charge in [-0.3, -0.25) is 4.79 Å². The number of fused-ring (bicyclic) bond motifs is 1. The molecule has 0 radical (unpaired) electrons. The highest BCUT2D eigenvalue weighted by molar-refractivity contribution is 8.00. The van der Waals surface area contributed by atoms with Gasteiger partial charge in [-0.25, -0.2) is 9.78 Å². The zero-order valence-corrected chi connectivity index (χ0v) is 16.7. The zero-order valence-electron chi connectivity index (χ0n) is 15.9. The number of ether oxygens (including phenoxy) is 1. The normalized spacial score (nSPS) is 13.5. The fourth-order valence-electron chi connectivity index (χ4n) is 3.15. The fourth-order valence-corrected chi connectivity index (χ4v) is 4.05. The second-order valence-electron chi connectivity index (χ2n) is 6.49. The lowest BCUT2D eigenvalue weighted by Crippen LogP contribution is -2.30.